The van der Waals surface area contributed by atoms with Gasteiger partial charge >= 0.3 is 0 Å². The topological polar surface area (TPSA) is 53.3 Å². The van der Waals surface area contributed by atoms with Crippen LogP contribution in [0.3, 0.4) is 0 Å². The van der Waals surface area contributed by atoms with Crippen LogP contribution in [0.4, 0.5) is 0 Å². The first-order chi connectivity index (χ1) is 10.2. The van der Waals surface area contributed by atoms with Crippen molar-refractivity contribution in [2.45, 2.75) is 13.5 Å². The zero-order valence-electron chi connectivity index (χ0n) is 12.0. The number of benzene rings is 1. The molecule has 0 aliphatic rings. The smallest absolute Gasteiger partial charge is 0.212 e. The summed E-state index contributed by atoms with van der Waals surface area (Å²) in [6, 6.07) is 6.97. The summed E-state index contributed by atoms with van der Waals surface area (Å²) in [6.45, 7) is 3.43. The molecule has 0 spiro atoms. The number of ether oxygens (including phenoxy) is 2. The number of ketones is 1. The highest BCUT2D eigenvalue weighted by Crippen LogP contribution is 2.21. The van der Waals surface area contributed by atoms with Crippen LogP contribution >= 0.6 is 11.6 Å². The molecule has 5 nitrogen and oxygen atoms in total. The molecule has 0 aliphatic heterocycles. The van der Waals surface area contributed by atoms with Gasteiger partial charge in [0.15, 0.2) is 0 Å². The third-order valence-corrected chi connectivity index (χ3v) is 3.22. The molecule has 0 unspecified atom stereocenters. The molecular weight excluding hydrogens is 292 g/mol. The Kier molecular flexibility index (Phi) is 5.36. The molecule has 112 valence electrons. The minimum atomic E-state index is -0.170. The fourth-order valence-corrected chi connectivity index (χ4v) is 2.17. The normalized spacial score (nSPS) is 10.6. The summed E-state index contributed by atoms with van der Waals surface area (Å²) < 4.78 is 11.9. The summed E-state index contributed by atoms with van der Waals surface area (Å²) in [5.74, 6) is 0.560. The predicted molar refractivity (Wildman–Crippen MR) is 80.2 cm³/mol. The zero-order chi connectivity index (χ0) is 15.2. The van der Waals surface area contributed by atoms with Crippen molar-refractivity contribution in [3.8, 4) is 5.75 Å². The summed E-state index contributed by atoms with van der Waals surface area (Å²) in [7, 11) is 1.60. The van der Waals surface area contributed by atoms with E-state index >= 15 is 0 Å². The molecule has 2 rings (SSSR count). The Morgan fingerprint density at radius 1 is 1.33 bits per heavy atom. The average molecular weight is 309 g/mol. The van der Waals surface area contributed by atoms with E-state index < -0.39 is 0 Å². The number of rotatable bonds is 7. The molecule has 0 saturated carbocycles. The quantitative estimate of drug-likeness (QED) is 0.738. The summed E-state index contributed by atoms with van der Waals surface area (Å²) in [5, 5.41) is 4.44. The van der Waals surface area contributed by atoms with Gasteiger partial charge in [0.1, 0.15) is 11.4 Å². The molecule has 0 amide bonds. The van der Waals surface area contributed by atoms with Crippen molar-refractivity contribution in [3.63, 3.8) is 0 Å². The lowest BCUT2D eigenvalue weighted by Crippen LogP contribution is -2.14. The maximum Gasteiger partial charge on any atom is 0.212 e. The van der Waals surface area contributed by atoms with Crippen molar-refractivity contribution in [1.82, 2.24) is 9.78 Å². The largest absolute Gasteiger partial charge is 0.494 e. The van der Waals surface area contributed by atoms with Crippen LogP contribution in [0.5, 0.6) is 5.75 Å². The molecular formula is C15H17ClN2O3. The monoisotopic (exact) mass is 308 g/mol. The lowest BCUT2D eigenvalue weighted by Gasteiger charge is -2.08. The van der Waals surface area contributed by atoms with Gasteiger partial charge in [0.05, 0.1) is 31.0 Å². The maximum absolute atomic E-state index is 12.6. The van der Waals surface area contributed by atoms with Crippen molar-refractivity contribution in [3.05, 3.63) is 46.7 Å². The molecule has 1 heterocycles. The number of hydrogen-bond donors (Lipinski definition) is 0. The summed E-state index contributed by atoms with van der Waals surface area (Å²) in [5.41, 5.74) is 0.914. The van der Waals surface area contributed by atoms with E-state index in [9.17, 15) is 4.79 Å². The third kappa shape index (κ3) is 3.62. The second-order valence-electron chi connectivity index (χ2n) is 4.34. The van der Waals surface area contributed by atoms with E-state index in [2.05, 4.69) is 5.10 Å². The lowest BCUT2D eigenvalue weighted by molar-refractivity contribution is 0.102. The molecule has 1 aromatic carbocycles. The maximum atomic E-state index is 12.6. The minimum absolute atomic E-state index is 0.170. The summed E-state index contributed by atoms with van der Waals surface area (Å²) in [4.78, 5) is 12.6. The van der Waals surface area contributed by atoms with Crippen molar-refractivity contribution in [2.24, 2.45) is 0 Å². The van der Waals surface area contributed by atoms with E-state index in [1.807, 2.05) is 6.92 Å². The van der Waals surface area contributed by atoms with Crippen molar-refractivity contribution in [2.75, 3.05) is 20.3 Å². The number of carbonyl (C=O) groups excluding carboxylic acids is 1. The molecule has 6 heteroatoms. The van der Waals surface area contributed by atoms with Gasteiger partial charge in [-0.25, -0.2) is 0 Å². The molecule has 0 N–H and O–H groups in total. The van der Waals surface area contributed by atoms with Crippen LogP contribution < -0.4 is 4.74 Å². The number of hydrogen-bond acceptors (Lipinski definition) is 4. The highest BCUT2D eigenvalue weighted by molar-refractivity contribution is 6.34. The van der Waals surface area contributed by atoms with Gasteiger partial charge in [-0.1, -0.05) is 11.6 Å². The van der Waals surface area contributed by atoms with E-state index in [-0.39, 0.29) is 5.78 Å². The fraction of sp³-hybridized carbons (Fsp3) is 0.333. The number of aromatic nitrogens is 2. The van der Waals surface area contributed by atoms with E-state index in [1.54, 1.807) is 36.1 Å². The van der Waals surface area contributed by atoms with Crippen LogP contribution in [0.15, 0.2) is 30.5 Å². The Morgan fingerprint density at radius 2 is 2.05 bits per heavy atom. The highest BCUT2D eigenvalue weighted by atomic mass is 35.5. The van der Waals surface area contributed by atoms with Crippen molar-refractivity contribution < 1.29 is 14.3 Å². The van der Waals surface area contributed by atoms with Crippen LogP contribution in [0.2, 0.25) is 5.02 Å². The average Bonchev–Trinajstić information content (AvgIpc) is 2.86. The summed E-state index contributed by atoms with van der Waals surface area (Å²) in [6.07, 6.45) is 1.47. The van der Waals surface area contributed by atoms with Crippen LogP contribution in [-0.4, -0.2) is 35.9 Å². The zero-order valence-corrected chi connectivity index (χ0v) is 12.8. The van der Waals surface area contributed by atoms with Crippen molar-refractivity contribution >= 4 is 17.4 Å². The molecule has 0 aliphatic carbocycles. The SMILES string of the molecule is CCOc1ccc(C(=O)c2c(Cl)cnn2CCOC)cc1. The minimum Gasteiger partial charge on any atom is -0.494 e. The molecule has 0 radical (unpaired) electrons. The molecule has 1 aromatic heterocycles. The Hall–Kier alpha value is -1.85. The molecule has 0 atom stereocenters. The first-order valence-electron chi connectivity index (χ1n) is 6.65. The number of nitrogens with zero attached hydrogens (tertiary/aromatic N) is 2. The second-order valence-corrected chi connectivity index (χ2v) is 4.75. The van der Waals surface area contributed by atoms with Gasteiger partial charge in [-0.05, 0) is 31.2 Å². The van der Waals surface area contributed by atoms with Crippen molar-refractivity contribution in [1.29, 1.82) is 0 Å². The second kappa shape index (κ2) is 7.24. The molecule has 2 aromatic rings. The van der Waals surface area contributed by atoms with Crippen LogP contribution in [0.25, 0.3) is 0 Å². The Morgan fingerprint density at radius 3 is 2.67 bits per heavy atom. The standard InChI is InChI=1S/C15H17ClN2O3/c1-3-21-12-6-4-11(5-7-12)15(19)14-13(16)10-17-18(14)8-9-20-2/h4-7,10H,3,8-9H2,1-2H3. The van der Waals surface area contributed by atoms with Crippen LogP contribution in [0, 0.1) is 0 Å². The van der Waals surface area contributed by atoms with Gasteiger partial charge in [0.25, 0.3) is 0 Å². The number of carbonyl (C=O) groups is 1. The third-order valence-electron chi connectivity index (χ3n) is 2.94. The van der Waals surface area contributed by atoms with Crippen LogP contribution in [-0.2, 0) is 11.3 Å². The van der Waals surface area contributed by atoms with Gasteiger partial charge in [0, 0.05) is 12.7 Å². The fourth-order valence-electron chi connectivity index (χ4n) is 1.94. The van der Waals surface area contributed by atoms with Gasteiger partial charge in [-0.15, -0.1) is 0 Å². The summed E-state index contributed by atoms with van der Waals surface area (Å²) >= 11 is 6.08. The van der Waals surface area contributed by atoms with Gasteiger partial charge in [-0.3, -0.25) is 9.48 Å². The lowest BCUT2D eigenvalue weighted by atomic mass is 10.1. The van der Waals surface area contributed by atoms with Gasteiger partial charge < -0.3 is 9.47 Å². The van der Waals surface area contributed by atoms with E-state index in [1.165, 1.54) is 6.20 Å². The first-order valence-corrected chi connectivity index (χ1v) is 7.03. The van der Waals surface area contributed by atoms with E-state index in [0.717, 1.165) is 5.75 Å². The Balaban J connectivity index is 2.24. The Labute approximate surface area is 128 Å². The van der Waals surface area contributed by atoms with E-state index in [4.69, 9.17) is 21.1 Å². The molecule has 0 saturated heterocycles. The van der Waals surface area contributed by atoms with Gasteiger partial charge in [-0.2, -0.15) is 5.10 Å². The molecule has 0 fully saturated rings. The molecule has 21 heavy (non-hydrogen) atoms. The number of methoxy groups -OCH3 is 1. The predicted octanol–water partition coefficient (Wildman–Crippen LogP) is 2.81. The Bertz CT molecular complexity index is 608. The van der Waals surface area contributed by atoms with E-state index in [0.29, 0.717) is 36.0 Å². The van der Waals surface area contributed by atoms with Crippen LogP contribution in [0.1, 0.15) is 23.0 Å². The highest BCUT2D eigenvalue weighted by Gasteiger charge is 2.19. The molecule has 0 bridgehead atoms. The first kappa shape index (κ1) is 15.5. The van der Waals surface area contributed by atoms with Gasteiger partial charge in [0.2, 0.25) is 5.78 Å². The number of halogens is 1.